The number of rotatable bonds is 7. The van der Waals surface area contributed by atoms with E-state index >= 15 is 4.39 Å². The highest BCUT2D eigenvalue weighted by molar-refractivity contribution is 5.90. The van der Waals surface area contributed by atoms with Crippen LogP contribution in [0.1, 0.15) is 31.1 Å². The van der Waals surface area contributed by atoms with E-state index in [0.29, 0.717) is 29.0 Å². The van der Waals surface area contributed by atoms with E-state index in [1.165, 1.54) is 12.7 Å². The molecule has 0 saturated carbocycles. The van der Waals surface area contributed by atoms with Gasteiger partial charge in [0.2, 0.25) is 0 Å². The van der Waals surface area contributed by atoms with Crippen LogP contribution in [0.3, 0.4) is 0 Å². The minimum Gasteiger partial charge on any atom is -0.491 e. The maximum Gasteiger partial charge on any atom is 0.173 e. The number of pyridine rings is 1. The number of fused-ring (bicyclic) bond motifs is 2. The number of halogens is 1. The van der Waals surface area contributed by atoms with Gasteiger partial charge in [0.15, 0.2) is 12.4 Å². The molecular weight excluding hydrogens is 503 g/mol. The summed E-state index contributed by atoms with van der Waals surface area (Å²) in [7, 11) is 0. The Kier molecular flexibility index (Phi) is 6.21. The first-order chi connectivity index (χ1) is 19.0. The smallest absolute Gasteiger partial charge is 0.173 e. The second-order valence-electron chi connectivity index (χ2n) is 10.5. The Morgan fingerprint density at radius 2 is 2.03 bits per heavy atom. The highest BCUT2D eigenvalue weighted by atomic mass is 19.1. The van der Waals surface area contributed by atoms with Crippen LogP contribution in [0.5, 0.6) is 5.75 Å². The van der Waals surface area contributed by atoms with Crippen LogP contribution in [0, 0.1) is 0 Å². The van der Waals surface area contributed by atoms with Gasteiger partial charge in [-0.05, 0) is 49.1 Å². The summed E-state index contributed by atoms with van der Waals surface area (Å²) in [6.45, 7) is 2.74. The van der Waals surface area contributed by atoms with Crippen LogP contribution in [0.25, 0.3) is 21.9 Å². The van der Waals surface area contributed by atoms with Gasteiger partial charge >= 0.3 is 0 Å². The fraction of sp³-hybridized carbons (Fsp3) is 0.464. The lowest BCUT2D eigenvalue weighted by atomic mass is 10.1. The number of hydrogen-bond acceptors (Lipinski definition) is 9. The lowest BCUT2D eigenvalue weighted by Crippen LogP contribution is -2.37. The highest BCUT2D eigenvalue weighted by Crippen LogP contribution is 2.37. The summed E-state index contributed by atoms with van der Waals surface area (Å²) in [4.78, 5) is 15.5. The first-order valence-corrected chi connectivity index (χ1v) is 13.5. The number of nitrogens with zero attached hydrogens (tertiary/aromatic N) is 5. The van der Waals surface area contributed by atoms with Gasteiger partial charge in [0.05, 0.1) is 17.0 Å². The molecule has 0 aliphatic carbocycles. The standard InChI is InChI=1S/C28H31FN6O4/c29-24-25(36)21(14-38-19-6-4-16-5-7-22(33-20(16)12-19)34-8-2-9-34)39-28(24)35-13-17(11-18-3-1-10-37-18)23-26(30)31-15-32-27(23)35/h4-7,12-13,15,18,21,24-25,28,36H,1-3,8-11,14H2,(H2,30,31,32)/t18?,21-,24+,25-,28-/m1/s1. The van der Waals surface area contributed by atoms with E-state index in [4.69, 9.17) is 24.9 Å². The molecule has 3 aliphatic heterocycles. The molecule has 0 amide bonds. The molecule has 11 heteroatoms. The molecule has 0 bridgehead atoms. The van der Waals surface area contributed by atoms with Crippen molar-refractivity contribution in [2.45, 2.75) is 56.4 Å². The Morgan fingerprint density at radius 1 is 1.15 bits per heavy atom. The molecule has 0 radical (unpaired) electrons. The number of alkyl halides is 1. The SMILES string of the molecule is Nc1ncnc2c1c(CC1CCCO1)cn2[C@@H]1O[C@H](COc2ccc3ccc(N4CCC4)nc3c2)[C@@H](O)[C@@H]1F. The third-order valence-electron chi connectivity index (χ3n) is 8.00. The van der Waals surface area contributed by atoms with Crippen LogP contribution >= 0.6 is 0 Å². The third-order valence-corrected chi connectivity index (χ3v) is 8.00. The average molecular weight is 535 g/mol. The summed E-state index contributed by atoms with van der Waals surface area (Å²) in [6, 6.07) is 9.72. The molecule has 3 fully saturated rings. The fourth-order valence-electron chi connectivity index (χ4n) is 5.73. The first kappa shape index (κ1) is 24.5. The third kappa shape index (κ3) is 4.44. The van der Waals surface area contributed by atoms with Gasteiger partial charge in [-0.1, -0.05) is 0 Å². The van der Waals surface area contributed by atoms with E-state index in [0.717, 1.165) is 54.8 Å². The Hall–Kier alpha value is -3.54. The zero-order valence-corrected chi connectivity index (χ0v) is 21.4. The summed E-state index contributed by atoms with van der Waals surface area (Å²) in [6.07, 6.45) is 1.97. The van der Waals surface area contributed by atoms with Crippen molar-refractivity contribution in [2.75, 3.05) is 36.9 Å². The zero-order chi connectivity index (χ0) is 26.5. The molecule has 4 aromatic rings. The van der Waals surface area contributed by atoms with E-state index in [9.17, 15) is 5.11 Å². The predicted molar refractivity (Wildman–Crippen MR) is 143 cm³/mol. The molecule has 3 N–H and O–H groups in total. The maximum atomic E-state index is 15.5. The average Bonchev–Trinajstić information content (AvgIpc) is 3.62. The van der Waals surface area contributed by atoms with Crippen LogP contribution in [-0.2, 0) is 15.9 Å². The van der Waals surface area contributed by atoms with Crippen molar-refractivity contribution in [3.05, 3.63) is 48.4 Å². The van der Waals surface area contributed by atoms with E-state index < -0.39 is 24.6 Å². The number of anilines is 2. The molecule has 3 saturated heterocycles. The molecule has 1 unspecified atom stereocenters. The van der Waals surface area contributed by atoms with Gasteiger partial charge in [-0.3, -0.25) is 0 Å². The molecule has 5 atom stereocenters. The van der Waals surface area contributed by atoms with E-state index in [1.807, 2.05) is 30.3 Å². The minimum atomic E-state index is -1.68. The molecule has 7 rings (SSSR count). The van der Waals surface area contributed by atoms with Crippen LogP contribution in [-0.4, -0.2) is 75.4 Å². The number of aromatic nitrogens is 4. The van der Waals surface area contributed by atoms with Gasteiger partial charge in [-0.25, -0.2) is 19.3 Å². The molecular formula is C28H31FN6O4. The quantitative estimate of drug-likeness (QED) is 0.368. The lowest BCUT2D eigenvalue weighted by Gasteiger charge is -2.32. The summed E-state index contributed by atoms with van der Waals surface area (Å²) < 4.78 is 34.9. The van der Waals surface area contributed by atoms with Crippen molar-refractivity contribution in [2.24, 2.45) is 0 Å². The Balaban J connectivity index is 1.10. The van der Waals surface area contributed by atoms with Gasteiger partial charge in [-0.2, -0.15) is 0 Å². The summed E-state index contributed by atoms with van der Waals surface area (Å²) in [5.74, 6) is 1.85. The molecule has 1 aromatic carbocycles. The topological polar surface area (TPSA) is 121 Å². The van der Waals surface area contributed by atoms with Crippen molar-refractivity contribution in [1.82, 2.24) is 19.5 Å². The van der Waals surface area contributed by atoms with Crippen LogP contribution in [0.15, 0.2) is 42.9 Å². The Labute approximate surface area is 224 Å². The van der Waals surface area contributed by atoms with Crippen LogP contribution in [0.2, 0.25) is 0 Å². The normalized spacial score (nSPS) is 26.9. The molecule has 204 valence electrons. The number of nitrogen functional groups attached to an aromatic ring is 1. The Bertz CT molecular complexity index is 1500. The number of benzene rings is 1. The zero-order valence-electron chi connectivity index (χ0n) is 21.4. The van der Waals surface area contributed by atoms with Gasteiger partial charge < -0.3 is 34.5 Å². The van der Waals surface area contributed by atoms with E-state index in [2.05, 4.69) is 14.9 Å². The monoisotopic (exact) mass is 534 g/mol. The van der Waals surface area contributed by atoms with Gasteiger partial charge in [-0.15, -0.1) is 0 Å². The second-order valence-corrected chi connectivity index (χ2v) is 10.5. The number of nitrogens with two attached hydrogens (primary N) is 1. The second kappa shape index (κ2) is 9.89. The summed E-state index contributed by atoms with van der Waals surface area (Å²) in [5.41, 5.74) is 8.37. The largest absolute Gasteiger partial charge is 0.491 e. The fourth-order valence-corrected chi connectivity index (χ4v) is 5.73. The van der Waals surface area contributed by atoms with Crippen LogP contribution < -0.4 is 15.4 Å². The number of aliphatic hydroxyl groups is 1. The molecule has 0 spiro atoms. The molecule has 3 aliphatic rings. The van der Waals surface area contributed by atoms with Crippen molar-refractivity contribution in [3.63, 3.8) is 0 Å². The highest BCUT2D eigenvalue weighted by Gasteiger charge is 2.46. The molecule has 39 heavy (non-hydrogen) atoms. The first-order valence-electron chi connectivity index (χ1n) is 13.5. The summed E-state index contributed by atoms with van der Waals surface area (Å²) in [5, 5.41) is 12.4. The summed E-state index contributed by atoms with van der Waals surface area (Å²) >= 11 is 0. The molecule has 10 nitrogen and oxygen atoms in total. The van der Waals surface area contributed by atoms with E-state index in [1.54, 1.807) is 10.8 Å². The number of hydrogen-bond donors (Lipinski definition) is 2. The van der Waals surface area contributed by atoms with Crippen molar-refractivity contribution in [3.8, 4) is 5.75 Å². The molecule has 6 heterocycles. The predicted octanol–water partition coefficient (Wildman–Crippen LogP) is 3.17. The Morgan fingerprint density at radius 3 is 2.82 bits per heavy atom. The molecule has 3 aromatic heterocycles. The minimum absolute atomic E-state index is 0.0193. The maximum absolute atomic E-state index is 15.5. The van der Waals surface area contributed by atoms with Crippen LogP contribution in [0.4, 0.5) is 16.0 Å². The van der Waals surface area contributed by atoms with Gasteiger partial charge in [0.25, 0.3) is 0 Å². The van der Waals surface area contributed by atoms with Gasteiger partial charge in [0, 0.05) is 43.8 Å². The van der Waals surface area contributed by atoms with E-state index in [-0.39, 0.29) is 12.7 Å². The number of ether oxygens (including phenoxy) is 3. The van der Waals surface area contributed by atoms with Crippen molar-refractivity contribution >= 4 is 33.6 Å². The van der Waals surface area contributed by atoms with Gasteiger partial charge in [0.1, 0.15) is 48.2 Å². The van der Waals surface area contributed by atoms with Crippen molar-refractivity contribution < 1.29 is 23.7 Å². The number of aliphatic hydroxyl groups excluding tert-OH is 1. The van der Waals surface area contributed by atoms with Crippen molar-refractivity contribution in [1.29, 1.82) is 0 Å². The lowest BCUT2D eigenvalue weighted by molar-refractivity contribution is -0.0411.